The minimum Gasteiger partial charge on any atom is -0.339 e. The zero-order valence-corrected chi connectivity index (χ0v) is 15.3. The van der Waals surface area contributed by atoms with Gasteiger partial charge in [-0.25, -0.2) is 4.39 Å². The van der Waals surface area contributed by atoms with E-state index in [1.807, 2.05) is 13.0 Å². The average molecular weight is 346 g/mol. The fraction of sp³-hybridized carbons (Fsp3) is 0.261. The van der Waals surface area contributed by atoms with Crippen LogP contribution < -0.4 is 0 Å². The zero-order chi connectivity index (χ0) is 18.3. The molecule has 0 saturated heterocycles. The van der Waals surface area contributed by atoms with Crippen molar-refractivity contribution in [1.82, 2.24) is 4.57 Å². The molecule has 1 aliphatic carbocycles. The number of aliphatic imine (C=N–C) groups is 1. The summed E-state index contributed by atoms with van der Waals surface area (Å²) in [6, 6.07) is 14.0. The van der Waals surface area contributed by atoms with Crippen molar-refractivity contribution in [3.05, 3.63) is 71.7 Å². The highest BCUT2D eigenvalue weighted by Gasteiger charge is 2.24. The monoisotopic (exact) mass is 346 g/mol. The quantitative estimate of drug-likeness (QED) is 0.484. The predicted octanol–water partition coefficient (Wildman–Crippen LogP) is 6.28. The van der Waals surface area contributed by atoms with Crippen LogP contribution in [0, 0.1) is 18.7 Å². The van der Waals surface area contributed by atoms with Crippen LogP contribution in [0.2, 0.25) is 0 Å². The molecular formula is C23H23FN2. The minimum absolute atomic E-state index is 0.243. The molecule has 4 rings (SSSR count). The lowest BCUT2D eigenvalue weighted by molar-refractivity contribution is 0.618. The lowest BCUT2D eigenvalue weighted by atomic mass is 10.1. The van der Waals surface area contributed by atoms with Crippen molar-refractivity contribution >= 4 is 28.4 Å². The van der Waals surface area contributed by atoms with Crippen LogP contribution >= 0.6 is 0 Å². The van der Waals surface area contributed by atoms with E-state index < -0.39 is 0 Å². The Morgan fingerprint density at radius 3 is 2.77 bits per heavy atom. The average Bonchev–Trinajstić information content (AvgIpc) is 3.38. The molecule has 0 radical (unpaired) electrons. The molecule has 1 fully saturated rings. The molecule has 0 bridgehead atoms. The topological polar surface area (TPSA) is 17.3 Å². The number of hydrogen-bond donors (Lipinski definition) is 0. The fourth-order valence-corrected chi connectivity index (χ4v) is 3.42. The summed E-state index contributed by atoms with van der Waals surface area (Å²) in [4.78, 5) is 4.79. The number of fused-ring (bicyclic) bond motifs is 1. The van der Waals surface area contributed by atoms with Crippen molar-refractivity contribution in [2.24, 2.45) is 10.9 Å². The normalized spacial score (nSPS) is 14.8. The van der Waals surface area contributed by atoms with Gasteiger partial charge in [-0.3, -0.25) is 4.99 Å². The van der Waals surface area contributed by atoms with Gasteiger partial charge in [0, 0.05) is 23.0 Å². The van der Waals surface area contributed by atoms with Gasteiger partial charge < -0.3 is 4.57 Å². The van der Waals surface area contributed by atoms with Gasteiger partial charge in [0.2, 0.25) is 0 Å². The molecule has 0 atom stereocenters. The summed E-state index contributed by atoms with van der Waals surface area (Å²) in [5.41, 5.74) is 5.25. The second kappa shape index (κ2) is 6.56. The second-order valence-electron chi connectivity index (χ2n) is 7.19. The number of hydrogen-bond acceptors (Lipinski definition) is 1. The first-order chi connectivity index (χ1) is 12.6. The van der Waals surface area contributed by atoms with Crippen LogP contribution in [0.3, 0.4) is 0 Å². The molecule has 3 aromatic rings. The molecule has 1 heterocycles. The first kappa shape index (κ1) is 16.8. The Morgan fingerprint density at radius 2 is 2.04 bits per heavy atom. The number of aromatic nitrogens is 1. The van der Waals surface area contributed by atoms with Gasteiger partial charge in [-0.05, 0) is 62.4 Å². The molecule has 132 valence electrons. The molecule has 26 heavy (non-hydrogen) atoms. The van der Waals surface area contributed by atoms with Crippen molar-refractivity contribution < 1.29 is 4.39 Å². The Labute approximate surface area is 153 Å². The zero-order valence-electron chi connectivity index (χ0n) is 15.3. The van der Waals surface area contributed by atoms with Gasteiger partial charge in [-0.15, -0.1) is 0 Å². The summed E-state index contributed by atoms with van der Waals surface area (Å²) in [6.07, 6.45) is 4.25. The summed E-state index contributed by atoms with van der Waals surface area (Å²) >= 11 is 0. The van der Waals surface area contributed by atoms with Gasteiger partial charge in [-0.2, -0.15) is 0 Å². The minimum atomic E-state index is -0.243. The van der Waals surface area contributed by atoms with Crippen molar-refractivity contribution in [3.63, 3.8) is 0 Å². The van der Waals surface area contributed by atoms with Crippen LogP contribution in [0.4, 0.5) is 10.1 Å². The van der Waals surface area contributed by atoms with Crippen LogP contribution in [0.5, 0.6) is 0 Å². The van der Waals surface area contributed by atoms with E-state index in [4.69, 9.17) is 4.99 Å². The maximum absolute atomic E-state index is 14.2. The van der Waals surface area contributed by atoms with Crippen molar-refractivity contribution in [2.75, 3.05) is 0 Å². The Morgan fingerprint density at radius 1 is 1.27 bits per heavy atom. The number of nitrogens with zero attached hydrogens (tertiary/aromatic N) is 2. The van der Waals surface area contributed by atoms with Gasteiger partial charge in [0.25, 0.3) is 0 Å². The van der Waals surface area contributed by atoms with Crippen molar-refractivity contribution in [1.29, 1.82) is 0 Å². The molecule has 0 N–H and O–H groups in total. The molecule has 3 heteroatoms. The van der Waals surface area contributed by atoms with Gasteiger partial charge in [0.15, 0.2) is 0 Å². The molecule has 0 unspecified atom stereocenters. The molecule has 1 saturated carbocycles. The largest absolute Gasteiger partial charge is 0.339 e. The van der Waals surface area contributed by atoms with Crippen molar-refractivity contribution in [3.8, 4) is 0 Å². The maximum atomic E-state index is 14.2. The summed E-state index contributed by atoms with van der Waals surface area (Å²) in [6.45, 7) is 8.55. The van der Waals surface area contributed by atoms with E-state index in [-0.39, 0.29) is 5.82 Å². The lowest BCUT2D eigenvalue weighted by Gasteiger charge is -2.11. The first-order valence-electron chi connectivity index (χ1n) is 9.13. The molecular weight excluding hydrogens is 323 g/mol. The number of rotatable bonds is 5. The van der Waals surface area contributed by atoms with Crippen LogP contribution in [0.15, 0.2) is 54.0 Å². The van der Waals surface area contributed by atoms with E-state index in [0.717, 1.165) is 29.4 Å². The summed E-state index contributed by atoms with van der Waals surface area (Å²) in [5.74, 6) is 0.521. The second-order valence-corrected chi connectivity index (χ2v) is 7.19. The Bertz CT molecular complexity index is 1020. The van der Waals surface area contributed by atoms with Crippen LogP contribution in [0.25, 0.3) is 17.0 Å². The number of para-hydroxylation sites is 1. The maximum Gasteiger partial charge on any atom is 0.128 e. The van der Waals surface area contributed by atoms with Gasteiger partial charge in [0.05, 0.1) is 17.1 Å². The Balaban J connectivity index is 1.83. The van der Waals surface area contributed by atoms with Crippen molar-refractivity contribution in [2.45, 2.75) is 33.2 Å². The molecule has 2 nitrogen and oxygen atoms in total. The van der Waals surface area contributed by atoms with E-state index in [1.165, 1.54) is 29.8 Å². The van der Waals surface area contributed by atoms with E-state index >= 15 is 0 Å². The van der Waals surface area contributed by atoms with Gasteiger partial charge in [0.1, 0.15) is 5.82 Å². The first-order valence-corrected chi connectivity index (χ1v) is 9.13. The summed E-state index contributed by atoms with van der Waals surface area (Å²) in [5, 5.41) is 1.22. The molecule has 2 aromatic carbocycles. The summed E-state index contributed by atoms with van der Waals surface area (Å²) in [7, 11) is 0. The third kappa shape index (κ3) is 3.10. The van der Waals surface area contributed by atoms with Crippen LogP contribution in [0.1, 0.15) is 36.6 Å². The van der Waals surface area contributed by atoms with E-state index in [0.29, 0.717) is 11.3 Å². The molecule has 0 amide bonds. The molecule has 0 spiro atoms. The molecule has 1 aromatic heterocycles. The SMILES string of the molecule is C=Cc1cc(F)c(C)c(/N=C(\C)c2cc3ccccc3n2CC2CC2)c1. The van der Waals surface area contributed by atoms with E-state index in [2.05, 4.69) is 41.5 Å². The number of benzene rings is 2. The van der Waals surface area contributed by atoms with Crippen LogP contribution in [-0.2, 0) is 6.54 Å². The third-order valence-electron chi connectivity index (χ3n) is 5.18. The van der Waals surface area contributed by atoms with E-state index in [1.54, 1.807) is 13.0 Å². The predicted molar refractivity (Wildman–Crippen MR) is 108 cm³/mol. The highest BCUT2D eigenvalue weighted by Crippen LogP contribution is 2.34. The van der Waals surface area contributed by atoms with Gasteiger partial charge in [-0.1, -0.05) is 30.9 Å². The smallest absolute Gasteiger partial charge is 0.128 e. The fourth-order valence-electron chi connectivity index (χ4n) is 3.42. The van der Waals surface area contributed by atoms with Crippen LogP contribution in [-0.4, -0.2) is 10.3 Å². The third-order valence-corrected chi connectivity index (χ3v) is 5.18. The standard InChI is InChI=1S/C23H23FN2/c1-4-17-11-20(24)15(2)21(12-17)25-16(3)23-13-19-7-5-6-8-22(19)26(23)14-18-9-10-18/h4-8,11-13,18H,1,9-10,14H2,2-3H3/b25-16+. The molecule has 0 aliphatic heterocycles. The van der Waals surface area contributed by atoms with E-state index in [9.17, 15) is 4.39 Å². The highest BCUT2D eigenvalue weighted by molar-refractivity contribution is 6.03. The Kier molecular flexibility index (Phi) is 4.23. The van der Waals surface area contributed by atoms with Gasteiger partial charge >= 0.3 is 0 Å². The summed E-state index contributed by atoms with van der Waals surface area (Å²) < 4.78 is 16.6. The Hall–Kier alpha value is -2.68. The molecule has 1 aliphatic rings. The highest BCUT2D eigenvalue weighted by atomic mass is 19.1. The lowest BCUT2D eigenvalue weighted by Crippen LogP contribution is -2.08. The number of halogens is 1.